The van der Waals surface area contributed by atoms with E-state index >= 15 is 0 Å². The van der Waals surface area contributed by atoms with Gasteiger partial charge in [0.15, 0.2) is 0 Å². The van der Waals surface area contributed by atoms with Crippen LogP contribution in [0.25, 0.3) is 0 Å². The SMILES string of the molecule is O=C1CCN(S(=O)(=O)c2cccc(C#CCO)c2)CCN1. The fourth-order valence-corrected chi connectivity index (χ4v) is 3.50. The van der Waals surface area contributed by atoms with Gasteiger partial charge in [0.2, 0.25) is 15.9 Å². The molecule has 1 saturated heterocycles. The van der Waals surface area contributed by atoms with Crippen LogP contribution in [-0.4, -0.2) is 50.0 Å². The number of aliphatic hydroxyl groups excluding tert-OH is 1. The standard InChI is InChI=1S/C14H16N2O4S/c17-10-2-4-12-3-1-5-13(11-12)21(19,20)16-8-6-14(18)15-7-9-16/h1,3,5,11,17H,6-10H2,(H,15,18). The van der Waals surface area contributed by atoms with Gasteiger partial charge >= 0.3 is 0 Å². The van der Waals surface area contributed by atoms with E-state index in [9.17, 15) is 13.2 Å². The highest BCUT2D eigenvalue weighted by molar-refractivity contribution is 7.89. The van der Waals surface area contributed by atoms with E-state index in [-0.39, 0.29) is 36.9 Å². The Morgan fingerprint density at radius 1 is 1.33 bits per heavy atom. The van der Waals surface area contributed by atoms with Crippen LogP contribution in [0.4, 0.5) is 0 Å². The maximum Gasteiger partial charge on any atom is 0.243 e. The molecule has 1 aromatic rings. The van der Waals surface area contributed by atoms with Crippen LogP contribution in [0.2, 0.25) is 0 Å². The van der Waals surface area contributed by atoms with E-state index in [2.05, 4.69) is 17.2 Å². The number of rotatable bonds is 2. The topological polar surface area (TPSA) is 86.7 Å². The van der Waals surface area contributed by atoms with Crippen molar-refractivity contribution < 1.29 is 18.3 Å². The molecule has 0 aromatic heterocycles. The predicted octanol–water partition coefficient (Wildman–Crippen LogP) is -0.459. The minimum atomic E-state index is -3.65. The number of hydrogen-bond donors (Lipinski definition) is 2. The Balaban J connectivity index is 2.28. The van der Waals surface area contributed by atoms with E-state index in [1.807, 2.05) is 0 Å². The summed E-state index contributed by atoms with van der Waals surface area (Å²) in [7, 11) is -3.65. The fraction of sp³-hybridized carbons (Fsp3) is 0.357. The van der Waals surface area contributed by atoms with Crippen LogP contribution in [0.5, 0.6) is 0 Å². The van der Waals surface area contributed by atoms with Gasteiger partial charge in [0, 0.05) is 31.6 Å². The number of carbonyl (C=O) groups is 1. The molecule has 112 valence electrons. The summed E-state index contributed by atoms with van der Waals surface area (Å²) in [5, 5.41) is 11.3. The second-order valence-corrected chi connectivity index (χ2v) is 6.43. The first-order valence-corrected chi connectivity index (χ1v) is 7.94. The van der Waals surface area contributed by atoms with Gasteiger partial charge < -0.3 is 10.4 Å². The van der Waals surface area contributed by atoms with Crippen molar-refractivity contribution in [3.05, 3.63) is 29.8 Å². The molecule has 1 heterocycles. The molecule has 0 unspecified atom stereocenters. The zero-order valence-electron chi connectivity index (χ0n) is 11.4. The molecule has 1 amide bonds. The monoisotopic (exact) mass is 308 g/mol. The van der Waals surface area contributed by atoms with Gasteiger partial charge in [0.1, 0.15) is 6.61 Å². The number of nitrogens with one attached hydrogen (secondary N) is 1. The van der Waals surface area contributed by atoms with Crippen LogP contribution < -0.4 is 5.32 Å². The molecule has 0 aliphatic carbocycles. The highest BCUT2D eigenvalue weighted by atomic mass is 32.2. The number of nitrogens with zero attached hydrogens (tertiary/aromatic N) is 1. The van der Waals surface area contributed by atoms with Crippen molar-refractivity contribution in [2.45, 2.75) is 11.3 Å². The molecule has 2 rings (SSSR count). The summed E-state index contributed by atoms with van der Waals surface area (Å²) >= 11 is 0. The van der Waals surface area contributed by atoms with E-state index in [1.54, 1.807) is 12.1 Å². The van der Waals surface area contributed by atoms with Gasteiger partial charge in [-0.3, -0.25) is 4.79 Å². The molecule has 0 atom stereocenters. The third-order valence-electron chi connectivity index (χ3n) is 3.06. The largest absolute Gasteiger partial charge is 0.384 e. The highest BCUT2D eigenvalue weighted by Crippen LogP contribution is 2.17. The molecule has 1 fully saturated rings. The number of amides is 1. The van der Waals surface area contributed by atoms with Crippen LogP contribution in [0.3, 0.4) is 0 Å². The third-order valence-corrected chi connectivity index (χ3v) is 4.95. The van der Waals surface area contributed by atoms with Crippen LogP contribution >= 0.6 is 0 Å². The molecule has 0 radical (unpaired) electrons. The van der Waals surface area contributed by atoms with Crippen molar-refractivity contribution in [3.8, 4) is 11.8 Å². The molecule has 0 saturated carbocycles. The van der Waals surface area contributed by atoms with Crippen molar-refractivity contribution in [2.75, 3.05) is 26.2 Å². The van der Waals surface area contributed by atoms with Crippen LogP contribution in [0, 0.1) is 11.8 Å². The van der Waals surface area contributed by atoms with Crippen molar-refractivity contribution in [2.24, 2.45) is 0 Å². The van der Waals surface area contributed by atoms with Gasteiger partial charge in [-0.25, -0.2) is 8.42 Å². The first-order valence-electron chi connectivity index (χ1n) is 6.50. The van der Waals surface area contributed by atoms with E-state index in [0.717, 1.165) is 0 Å². The molecule has 0 bridgehead atoms. The molecule has 1 aromatic carbocycles. The first kappa shape index (κ1) is 15.5. The molecule has 1 aliphatic rings. The number of benzene rings is 1. The highest BCUT2D eigenvalue weighted by Gasteiger charge is 2.26. The average molecular weight is 308 g/mol. The lowest BCUT2D eigenvalue weighted by molar-refractivity contribution is -0.120. The maximum absolute atomic E-state index is 12.6. The smallest absolute Gasteiger partial charge is 0.243 e. The normalized spacial score (nSPS) is 16.5. The van der Waals surface area contributed by atoms with Crippen LogP contribution in [-0.2, 0) is 14.8 Å². The lowest BCUT2D eigenvalue weighted by Gasteiger charge is -2.19. The van der Waals surface area contributed by atoms with Crippen LogP contribution in [0.15, 0.2) is 29.2 Å². The minimum absolute atomic E-state index is 0.140. The lowest BCUT2D eigenvalue weighted by atomic mass is 10.2. The van der Waals surface area contributed by atoms with Gasteiger partial charge in [-0.15, -0.1) is 0 Å². The van der Waals surface area contributed by atoms with E-state index in [4.69, 9.17) is 5.11 Å². The minimum Gasteiger partial charge on any atom is -0.384 e. The zero-order valence-corrected chi connectivity index (χ0v) is 12.2. The maximum atomic E-state index is 12.6. The van der Waals surface area contributed by atoms with Crippen molar-refractivity contribution in [3.63, 3.8) is 0 Å². The first-order chi connectivity index (χ1) is 10.0. The van der Waals surface area contributed by atoms with Gasteiger partial charge in [-0.2, -0.15) is 4.31 Å². The zero-order chi connectivity index (χ0) is 15.3. The number of carbonyl (C=O) groups excluding carboxylic acids is 1. The third kappa shape index (κ3) is 3.82. The summed E-state index contributed by atoms with van der Waals surface area (Å²) < 4.78 is 26.4. The number of sulfonamides is 1. The van der Waals surface area contributed by atoms with Gasteiger partial charge in [0.25, 0.3) is 0 Å². The molecular formula is C14H16N2O4S. The summed E-state index contributed by atoms with van der Waals surface area (Å²) in [5.74, 6) is 5.02. The average Bonchev–Trinajstić information content (AvgIpc) is 2.70. The molecule has 6 nitrogen and oxygen atoms in total. The summed E-state index contributed by atoms with van der Waals surface area (Å²) in [6.07, 6.45) is 0.156. The lowest BCUT2D eigenvalue weighted by Crippen LogP contribution is -2.34. The Morgan fingerprint density at radius 2 is 2.14 bits per heavy atom. The van der Waals surface area contributed by atoms with Crippen LogP contribution in [0.1, 0.15) is 12.0 Å². The second kappa shape index (κ2) is 6.72. The summed E-state index contributed by atoms with van der Waals surface area (Å²) in [6.45, 7) is 0.445. The van der Waals surface area contributed by atoms with Crippen molar-refractivity contribution in [1.29, 1.82) is 0 Å². The Kier molecular flexibility index (Phi) is 4.96. The molecule has 0 spiro atoms. The Hall–Kier alpha value is -1.88. The van der Waals surface area contributed by atoms with Gasteiger partial charge in [-0.05, 0) is 18.2 Å². The molecule has 21 heavy (non-hydrogen) atoms. The molecule has 1 aliphatic heterocycles. The summed E-state index contributed by atoms with van der Waals surface area (Å²) in [5.41, 5.74) is 0.522. The number of aliphatic hydroxyl groups is 1. The Labute approximate surface area is 123 Å². The molecular weight excluding hydrogens is 292 g/mol. The predicted molar refractivity (Wildman–Crippen MR) is 76.8 cm³/mol. The fourth-order valence-electron chi connectivity index (χ4n) is 2.01. The molecule has 7 heteroatoms. The van der Waals surface area contributed by atoms with E-state index in [0.29, 0.717) is 12.1 Å². The molecule has 2 N–H and O–H groups in total. The number of hydrogen-bond acceptors (Lipinski definition) is 4. The Morgan fingerprint density at radius 3 is 2.90 bits per heavy atom. The quantitative estimate of drug-likeness (QED) is 0.724. The van der Waals surface area contributed by atoms with Gasteiger partial charge in [0.05, 0.1) is 4.90 Å². The Bertz CT molecular complexity index is 688. The summed E-state index contributed by atoms with van der Waals surface area (Å²) in [6, 6.07) is 6.25. The van der Waals surface area contributed by atoms with Gasteiger partial charge in [-0.1, -0.05) is 17.9 Å². The summed E-state index contributed by atoms with van der Waals surface area (Å²) in [4.78, 5) is 11.4. The van der Waals surface area contributed by atoms with E-state index < -0.39 is 10.0 Å². The van der Waals surface area contributed by atoms with Crippen molar-refractivity contribution >= 4 is 15.9 Å². The van der Waals surface area contributed by atoms with Crippen molar-refractivity contribution in [1.82, 2.24) is 9.62 Å². The van der Waals surface area contributed by atoms with E-state index in [1.165, 1.54) is 16.4 Å². The second-order valence-electron chi connectivity index (χ2n) is 4.49.